The Morgan fingerprint density at radius 3 is 2.52 bits per heavy atom. The second-order valence-corrected chi connectivity index (χ2v) is 7.45. The summed E-state index contributed by atoms with van der Waals surface area (Å²) < 4.78 is 0. The molecule has 0 fully saturated rings. The van der Waals surface area contributed by atoms with E-state index in [4.69, 9.17) is 5.73 Å². The molecule has 6 heteroatoms. The van der Waals surface area contributed by atoms with Gasteiger partial charge in [0.05, 0.1) is 5.56 Å². The zero-order valence-electron chi connectivity index (χ0n) is 12.8. The smallest absolute Gasteiger partial charge is 0.256 e. The maximum atomic E-state index is 12.4. The molecule has 4 nitrogen and oxygen atoms in total. The van der Waals surface area contributed by atoms with Crippen LogP contribution in [-0.4, -0.2) is 18.1 Å². The van der Waals surface area contributed by atoms with Gasteiger partial charge in [0.25, 0.3) is 11.8 Å². The second kappa shape index (κ2) is 6.76. The molecule has 0 saturated carbocycles. The fraction of sp³-hybridized carbons (Fsp3) is 0.294. The highest BCUT2D eigenvalue weighted by Gasteiger charge is 2.25. The number of amides is 2. The summed E-state index contributed by atoms with van der Waals surface area (Å²) in [5, 5.41) is 3.46. The first-order chi connectivity index (χ1) is 11.1. The predicted molar refractivity (Wildman–Crippen MR) is 95.7 cm³/mol. The van der Waals surface area contributed by atoms with Crippen LogP contribution in [0.25, 0.3) is 0 Å². The number of nitrogens with two attached hydrogens (primary N) is 1. The lowest BCUT2D eigenvalue weighted by molar-refractivity contribution is 0.100. The van der Waals surface area contributed by atoms with Gasteiger partial charge in [0.15, 0.2) is 0 Å². The molecule has 1 aromatic carbocycles. The van der Waals surface area contributed by atoms with Gasteiger partial charge in [-0.3, -0.25) is 9.59 Å². The van der Waals surface area contributed by atoms with Crippen LogP contribution in [0.2, 0.25) is 0 Å². The van der Waals surface area contributed by atoms with Gasteiger partial charge in [0.2, 0.25) is 0 Å². The standard InChI is InChI=1S/C17H18N2O2S2/c1-22-11-8-6-10(7-9-11)16(21)19-17-14(15(18)20)12-4-2-3-5-13(12)23-17/h6-9H,2-5H2,1H3,(H2,18,20)(H,19,21). The van der Waals surface area contributed by atoms with E-state index in [9.17, 15) is 9.59 Å². The molecule has 1 heterocycles. The SMILES string of the molecule is CSc1ccc(C(=O)Nc2sc3c(c2C(N)=O)CCCC3)cc1. The van der Waals surface area contributed by atoms with Crippen LogP contribution in [0, 0.1) is 0 Å². The average Bonchev–Trinajstić information content (AvgIpc) is 2.92. The van der Waals surface area contributed by atoms with E-state index in [0.29, 0.717) is 16.1 Å². The van der Waals surface area contributed by atoms with Gasteiger partial charge >= 0.3 is 0 Å². The average molecular weight is 346 g/mol. The molecule has 0 bridgehead atoms. The molecule has 0 aliphatic heterocycles. The van der Waals surface area contributed by atoms with E-state index in [1.165, 1.54) is 16.2 Å². The van der Waals surface area contributed by atoms with E-state index in [2.05, 4.69) is 5.32 Å². The Morgan fingerprint density at radius 2 is 1.87 bits per heavy atom. The fourth-order valence-electron chi connectivity index (χ4n) is 2.83. The van der Waals surface area contributed by atoms with Gasteiger partial charge in [-0.2, -0.15) is 0 Å². The van der Waals surface area contributed by atoms with Crippen molar-refractivity contribution in [1.82, 2.24) is 0 Å². The number of fused-ring (bicyclic) bond motifs is 1. The Kier molecular flexibility index (Phi) is 4.73. The Bertz CT molecular complexity index is 751. The van der Waals surface area contributed by atoms with Gasteiger partial charge in [0, 0.05) is 15.3 Å². The summed E-state index contributed by atoms with van der Waals surface area (Å²) in [6.45, 7) is 0. The van der Waals surface area contributed by atoms with Crippen molar-refractivity contribution < 1.29 is 9.59 Å². The van der Waals surface area contributed by atoms with Crippen molar-refractivity contribution in [2.45, 2.75) is 30.6 Å². The number of nitrogens with one attached hydrogen (secondary N) is 1. The number of thioether (sulfide) groups is 1. The molecule has 1 aliphatic carbocycles. The molecular formula is C17H18N2O2S2. The Hall–Kier alpha value is -1.79. The number of aryl methyl sites for hydroxylation is 1. The number of hydrogen-bond acceptors (Lipinski definition) is 4. The molecule has 23 heavy (non-hydrogen) atoms. The van der Waals surface area contributed by atoms with Gasteiger partial charge in [-0.05, 0) is 61.8 Å². The van der Waals surface area contributed by atoms with Crippen molar-refractivity contribution in [1.29, 1.82) is 0 Å². The normalized spacial score (nSPS) is 13.4. The van der Waals surface area contributed by atoms with Crippen LogP contribution >= 0.6 is 23.1 Å². The molecule has 3 N–H and O–H groups in total. The minimum atomic E-state index is -0.461. The number of anilines is 1. The van der Waals surface area contributed by atoms with Crippen LogP contribution in [0.5, 0.6) is 0 Å². The molecule has 1 aliphatic rings. The maximum Gasteiger partial charge on any atom is 0.256 e. The van der Waals surface area contributed by atoms with Gasteiger partial charge < -0.3 is 11.1 Å². The molecule has 3 rings (SSSR count). The third-order valence-corrected chi connectivity index (χ3v) is 5.95. The van der Waals surface area contributed by atoms with Crippen LogP contribution in [-0.2, 0) is 12.8 Å². The number of hydrogen-bond donors (Lipinski definition) is 2. The maximum absolute atomic E-state index is 12.4. The number of carbonyl (C=O) groups is 2. The van der Waals surface area contributed by atoms with Crippen molar-refractivity contribution in [2.75, 3.05) is 11.6 Å². The van der Waals surface area contributed by atoms with E-state index in [0.717, 1.165) is 36.1 Å². The van der Waals surface area contributed by atoms with Crippen LogP contribution in [0.4, 0.5) is 5.00 Å². The molecule has 120 valence electrons. The van der Waals surface area contributed by atoms with Crippen LogP contribution in [0.15, 0.2) is 29.2 Å². The minimum Gasteiger partial charge on any atom is -0.365 e. The highest BCUT2D eigenvalue weighted by Crippen LogP contribution is 2.38. The van der Waals surface area contributed by atoms with E-state index in [1.807, 2.05) is 18.4 Å². The van der Waals surface area contributed by atoms with Crippen LogP contribution in [0.1, 0.15) is 44.0 Å². The highest BCUT2D eigenvalue weighted by molar-refractivity contribution is 7.98. The van der Waals surface area contributed by atoms with E-state index in [1.54, 1.807) is 23.9 Å². The van der Waals surface area contributed by atoms with Crippen molar-refractivity contribution in [3.63, 3.8) is 0 Å². The van der Waals surface area contributed by atoms with Gasteiger partial charge in [-0.15, -0.1) is 23.1 Å². The van der Waals surface area contributed by atoms with Crippen molar-refractivity contribution in [3.8, 4) is 0 Å². The zero-order chi connectivity index (χ0) is 16.4. The Morgan fingerprint density at radius 1 is 1.17 bits per heavy atom. The molecule has 0 unspecified atom stereocenters. The lowest BCUT2D eigenvalue weighted by atomic mass is 9.95. The summed E-state index contributed by atoms with van der Waals surface area (Å²) in [6.07, 6.45) is 5.99. The van der Waals surface area contributed by atoms with E-state index in [-0.39, 0.29) is 5.91 Å². The summed E-state index contributed by atoms with van der Waals surface area (Å²) >= 11 is 3.11. The number of rotatable bonds is 4. The van der Waals surface area contributed by atoms with Crippen molar-refractivity contribution in [3.05, 3.63) is 45.8 Å². The van der Waals surface area contributed by atoms with Gasteiger partial charge in [-0.1, -0.05) is 0 Å². The molecule has 0 saturated heterocycles. The first kappa shape index (κ1) is 16.1. The first-order valence-corrected chi connectivity index (χ1v) is 9.54. The van der Waals surface area contributed by atoms with Crippen molar-refractivity contribution in [2.24, 2.45) is 5.73 Å². The predicted octanol–water partition coefficient (Wildman–Crippen LogP) is 3.70. The van der Waals surface area contributed by atoms with Crippen LogP contribution < -0.4 is 11.1 Å². The van der Waals surface area contributed by atoms with Gasteiger partial charge in [0.1, 0.15) is 5.00 Å². The molecule has 2 amide bonds. The topological polar surface area (TPSA) is 72.2 Å². The molecule has 2 aromatic rings. The third-order valence-electron chi connectivity index (χ3n) is 4.00. The Balaban J connectivity index is 1.88. The van der Waals surface area contributed by atoms with E-state index < -0.39 is 5.91 Å². The summed E-state index contributed by atoms with van der Waals surface area (Å²) in [5.74, 6) is -0.670. The number of carbonyl (C=O) groups excluding carboxylic acids is 2. The molecule has 0 atom stereocenters. The molecule has 0 radical (unpaired) electrons. The molecular weight excluding hydrogens is 328 g/mol. The number of benzene rings is 1. The largest absolute Gasteiger partial charge is 0.365 e. The fourth-order valence-corrected chi connectivity index (χ4v) is 4.53. The quantitative estimate of drug-likeness (QED) is 0.829. The first-order valence-electron chi connectivity index (χ1n) is 7.50. The third kappa shape index (κ3) is 3.28. The lowest BCUT2D eigenvalue weighted by Crippen LogP contribution is -2.18. The summed E-state index contributed by atoms with van der Waals surface area (Å²) in [7, 11) is 0. The lowest BCUT2D eigenvalue weighted by Gasteiger charge is -2.11. The zero-order valence-corrected chi connectivity index (χ0v) is 14.5. The summed E-state index contributed by atoms with van der Waals surface area (Å²) in [6, 6.07) is 7.40. The highest BCUT2D eigenvalue weighted by atomic mass is 32.2. The van der Waals surface area contributed by atoms with Crippen LogP contribution in [0.3, 0.4) is 0 Å². The Labute approximate surface area is 143 Å². The van der Waals surface area contributed by atoms with Crippen molar-refractivity contribution >= 4 is 39.9 Å². The van der Waals surface area contributed by atoms with Gasteiger partial charge in [-0.25, -0.2) is 0 Å². The van der Waals surface area contributed by atoms with E-state index >= 15 is 0 Å². The summed E-state index contributed by atoms with van der Waals surface area (Å²) in [4.78, 5) is 26.6. The molecule has 0 spiro atoms. The number of thiophene rings is 1. The second-order valence-electron chi connectivity index (χ2n) is 5.46. The summed E-state index contributed by atoms with van der Waals surface area (Å²) in [5.41, 5.74) is 7.65. The molecule has 1 aromatic heterocycles. The monoisotopic (exact) mass is 346 g/mol. The minimum absolute atomic E-state index is 0.209. The number of primary amides is 1.